The predicted octanol–water partition coefficient (Wildman–Crippen LogP) is 3.93. The summed E-state index contributed by atoms with van der Waals surface area (Å²) in [5.74, 6) is -0.138. The first-order chi connectivity index (χ1) is 9.17. The fraction of sp³-hybridized carbons (Fsp3) is 0.600. The van der Waals surface area contributed by atoms with Crippen LogP contribution < -0.4 is 5.32 Å². The molecule has 0 bridgehead atoms. The number of halogens is 2. The molecule has 1 atom stereocenters. The second kappa shape index (κ2) is 9.45. The van der Waals surface area contributed by atoms with Crippen LogP contribution in [0.2, 0.25) is 0 Å². The molecule has 0 saturated carbocycles. The molecule has 0 fully saturated rings. The Bertz CT molecular complexity index is 373. The largest absolute Gasteiger partial charge is 0.381 e. The summed E-state index contributed by atoms with van der Waals surface area (Å²) >= 11 is 3.39. The smallest absolute Gasteiger partial charge is 0.126 e. The average Bonchev–Trinajstić information content (AvgIpc) is 2.39. The Hall–Kier alpha value is -0.450. The van der Waals surface area contributed by atoms with Crippen molar-refractivity contribution in [2.45, 2.75) is 39.2 Å². The van der Waals surface area contributed by atoms with Crippen molar-refractivity contribution in [1.29, 1.82) is 0 Å². The van der Waals surface area contributed by atoms with Gasteiger partial charge in [-0.3, -0.25) is 0 Å². The van der Waals surface area contributed by atoms with Crippen molar-refractivity contribution >= 4 is 15.9 Å². The van der Waals surface area contributed by atoms with Crippen LogP contribution in [0.1, 0.15) is 32.3 Å². The lowest BCUT2D eigenvalue weighted by atomic mass is 10.0. The molecule has 0 radical (unpaired) electrons. The van der Waals surface area contributed by atoms with Crippen molar-refractivity contribution in [2.75, 3.05) is 19.8 Å². The van der Waals surface area contributed by atoms with Gasteiger partial charge in [-0.1, -0.05) is 29.8 Å². The Kier molecular flexibility index (Phi) is 8.26. The van der Waals surface area contributed by atoms with Gasteiger partial charge in [-0.05, 0) is 49.6 Å². The second-order valence-corrected chi connectivity index (χ2v) is 5.51. The highest BCUT2D eigenvalue weighted by Gasteiger charge is 2.12. The van der Waals surface area contributed by atoms with E-state index in [2.05, 4.69) is 35.1 Å². The zero-order chi connectivity index (χ0) is 14.1. The van der Waals surface area contributed by atoms with E-state index in [0.29, 0.717) is 6.42 Å². The first-order valence-corrected chi connectivity index (χ1v) is 7.71. The Morgan fingerprint density at radius 3 is 2.79 bits per heavy atom. The van der Waals surface area contributed by atoms with Crippen LogP contribution in [0.25, 0.3) is 0 Å². The molecule has 4 heteroatoms. The second-order valence-electron chi connectivity index (χ2n) is 4.60. The molecule has 0 spiro atoms. The lowest BCUT2D eigenvalue weighted by Crippen LogP contribution is -2.32. The van der Waals surface area contributed by atoms with Gasteiger partial charge >= 0.3 is 0 Å². The van der Waals surface area contributed by atoms with Crippen LogP contribution in [0.3, 0.4) is 0 Å². The van der Waals surface area contributed by atoms with Gasteiger partial charge < -0.3 is 10.1 Å². The number of hydrogen-bond donors (Lipinski definition) is 1. The monoisotopic (exact) mass is 331 g/mol. The third-order valence-electron chi connectivity index (χ3n) is 2.93. The molecule has 1 unspecified atom stereocenters. The summed E-state index contributed by atoms with van der Waals surface area (Å²) in [7, 11) is 0. The van der Waals surface area contributed by atoms with Crippen molar-refractivity contribution < 1.29 is 9.13 Å². The van der Waals surface area contributed by atoms with E-state index in [-0.39, 0.29) is 11.9 Å². The fourth-order valence-corrected chi connectivity index (χ4v) is 2.41. The predicted molar refractivity (Wildman–Crippen MR) is 81.0 cm³/mol. The van der Waals surface area contributed by atoms with Crippen LogP contribution in [-0.4, -0.2) is 25.8 Å². The van der Waals surface area contributed by atoms with E-state index in [1.807, 2.05) is 6.07 Å². The Morgan fingerprint density at radius 1 is 1.32 bits per heavy atom. The third kappa shape index (κ3) is 6.50. The number of likely N-dealkylation sites (N-methyl/N-ethyl adjacent to an activating group) is 1. The Morgan fingerprint density at radius 2 is 2.11 bits per heavy atom. The molecule has 0 aromatic heterocycles. The van der Waals surface area contributed by atoms with E-state index >= 15 is 0 Å². The molecule has 1 rings (SSSR count). The number of ether oxygens (including phenoxy) is 1. The number of rotatable bonds is 9. The highest BCUT2D eigenvalue weighted by molar-refractivity contribution is 9.10. The van der Waals surface area contributed by atoms with Crippen LogP contribution in [-0.2, 0) is 11.2 Å². The molecule has 0 heterocycles. The van der Waals surface area contributed by atoms with Crippen LogP contribution >= 0.6 is 15.9 Å². The summed E-state index contributed by atoms with van der Waals surface area (Å²) in [6, 6.07) is 5.35. The van der Waals surface area contributed by atoms with Gasteiger partial charge in [0, 0.05) is 23.7 Å². The van der Waals surface area contributed by atoms with Crippen molar-refractivity contribution in [3.05, 3.63) is 34.1 Å². The average molecular weight is 332 g/mol. The van der Waals surface area contributed by atoms with E-state index in [4.69, 9.17) is 4.74 Å². The molecule has 1 N–H and O–H groups in total. The minimum Gasteiger partial charge on any atom is -0.381 e. The molecule has 1 aromatic rings. The van der Waals surface area contributed by atoms with Gasteiger partial charge in [0.25, 0.3) is 0 Å². The van der Waals surface area contributed by atoms with Gasteiger partial charge in [0.05, 0.1) is 0 Å². The van der Waals surface area contributed by atoms with E-state index in [1.165, 1.54) is 6.07 Å². The normalized spacial score (nSPS) is 12.6. The zero-order valence-corrected chi connectivity index (χ0v) is 13.3. The van der Waals surface area contributed by atoms with Gasteiger partial charge in [-0.15, -0.1) is 0 Å². The number of benzene rings is 1. The number of hydrogen-bond acceptors (Lipinski definition) is 2. The highest BCUT2D eigenvalue weighted by atomic mass is 79.9. The lowest BCUT2D eigenvalue weighted by molar-refractivity contribution is 0.124. The summed E-state index contributed by atoms with van der Waals surface area (Å²) in [5.41, 5.74) is 0.746. The standard InChI is InChI=1S/C15H23BrFNO/c1-3-8-19-9-7-14(18-4-2)11-12-10-13(16)5-6-15(12)17/h5-6,10,14,18H,3-4,7-9,11H2,1-2H3. The highest BCUT2D eigenvalue weighted by Crippen LogP contribution is 2.17. The van der Waals surface area contributed by atoms with Crippen molar-refractivity contribution in [2.24, 2.45) is 0 Å². The summed E-state index contributed by atoms with van der Waals surface area (Å²) in [6.45, 7) is 6.56. The third-order valence-corrected chi connectivity index (χ3v) is 3.42. The maximum atomic E-state index is 13.7. The number of nitrogens with one attached hydrogen (secondary N) is 1. The summed E-state index contributed by atoms with van der Waals surface area (Å²) in [5, 5.41) is 3.39. The van der Waals surface area contributed by atoms with Gasteiger partial charge in [0.2, 0.25) is 0 Å². The van der Waals surface area contributed by atoms with E-state index in [0.717, 1.165) is 42.6 Å². The van der Waals surface area contributed by atoms with Crippen molar-refractivity contribution in [3.8, 4) is 0 Å². The summed E-state index contributed by atoms with van der Waals surface area (Å²) in [6.07, 6.45) is 2.63. The molecule has 0 amide bonds. The van der Waals surface area contributed by atoms with Gasteiger partial charge in [0.15, 0.2) is 0 Å². The molecule has 1 aromatic carbocycles. The quantitative estimate of drug-likeness (QED) is 0.692. The molecular weight excluding hydrogens is 309 g/mol. The maximum absolute atomic E-state index is 13.7. The minimum atomic E-state index is -0.138. The zero-order valence-electron chi connectivity index (χ0n) is 11.7. The van der Waals surface area contributed by atoms with E-state index in [9.17, 15) is 4.39 Å². The molecule has 19 heavy (non-hydrogen) atoms. The van der Waals surface area contributed by atoms with Crippen LogP contribution in [0, 0.1) is 5.82 Å². The first-order valence-electron chi connectivity index (χ1n) is 6.92. The minimum absolute atomic E-state index is 0.138. The SMILES string of the molecule is CCCOCCC(Cc1cc(Br)ccc1F)NCC. The lowest BCUT2D eigenvalue weighted by Gasteiger charge is -2.18. The Labute approximate surface area is 123 Å². The van der Waals surface area contributed by atoms with Gasteiger partial charge in [0.1, 0.15) is 5.82 Å². The molecule has 2 nitrogen and oxygen atoms in total. The van der Waals surface area contributed by atoms with Crippen LogP contribution in [0.15, 0.2) is 22.7 Å². The molecule has 0 aliphatic carbocycles. The van der Waals surface area contributed by atoms with E-state index in [1.54, 1.807) is 6.07 Å². The summed E-state index contributed by atoms with van der Waals surface area (Å²) < 4.78 is 20.2. The van der Waals surface area contributed by atoms with Crippen LogP contribution in [0.4, 0.5) is 4.39 Å². The molecular formula is C15H23BrFNO. The van der Waals surface area contributed by atoms with Crippen molar-refractivity contribution in [1.82, 2.24) is 5.32 Å². The maximum Gasteiger partial charge on any atom is 0.126 e. The summed E-state index contributed by atoms with van der Waals surface area (Å²) in [4.78, 5) is 0. The molecule has 0 saturated heterocycles. The van der Waals surface area contributed by atoms with E-state index < -0.39 is 0 Å². The van der Waals surface area contributed by atoms with Crippen molar-refractivity contribution in [3.63, 3.8) is 0 Å². The fourth-order valence-electron chi connectivity index (χ4n) is 2.00. The van der Waals surface area contributed by atoms with Gasteiger partial charge in [-0.25, -0.2) is 4.39 Å². The molecule has 0 aliphatic heterocycles. The van der Waals surface area contributed by atoms with Crippen LogP contribution in [0.5, 0.6) is 0 Å². The topological polar surface area (TPSA) is 21.3 Å². The van der Waals surface area contributed by atoms with Gasteiger partial charge in [-0.2, -0.15) is 0 Å². The first kappa shape index (κ1) is 16.6. The Balaban J connectivity index is 2.54. The molecule has 0 aliphatic rings. The molecule has 108 valence electrons.